The molecule has 0 aromatic heterocycles. The van der Waals surface area contributed by atoms with Gasteiger partial charge in [-0.25, -0.2) is 4.79 Å². The lowest BCUT2D eigenvalue weighted by molar-refractivity contribution is -0.260. The quantitative estimate of drug-likeness (QED) is 0.411. The van der Waals surface area contributed by atoms with Gasteiger partial charge in [0, 0.05) is 0 Å². The Morgan fingerprint density at radius 3 is 2.44 bits per heavy atom. The number of carbonyl (C=O) groups is 1. The van der Waals surface area contributed by atoms with Gasteiger partial charge >= 0.3 is 5.97 Å². The van der Waals surface area contributed by atoms with Gasteiger partial charge in [0.15, 0.2) is 0 Å². The second-order valence-electron chi connectivity index (χ2n) is 2.60. The summed E-state index contributed by atoms with van der Waals surface area (Å²) in [5.41, 5.74) is -0.226. The summed E-state index contributed by atoms with van der Waals surface area (Å²) in [6.07, 6.45) is 1.85. The molecule has 0 bridgehead atoms. The van der Waals surface area contributed by atoms with Crippen LogP contribution >= 0.6 is 0 Å². The first kappa shape index (κ1) is 6.55. The maximum absolute atomic E-state index is 10.8. The first-order chi connectivity index (χ1) is 4.19. The van der Waals surface area contributed by atoms with E-state index in [1.807, 2.05) is 6.92 Å². The molecule has 3 nitrogen and oxygen atoms in total. The Morgan fingerprint density at radius 1 is 1.56 bits per heavy atom. The average molecular weight is 130 g/mol. The van der Waals surface area contributed by atoms with Crippen LogP contribution in [0.2, 0.25) is 0 Å². The Bertz CT molecular complexity index is 126. The Kier molecular flexibility index (Phi) is 1.45. The molecule has 0 N–H and O–H groups in total. The summed E-state index contributed by atoms with van der Waals surface area (Å²) in [6, 6.07) is 0. The number of rotatable bonds is 2. The first-order valence-corrected chi connectivity index (χ1v) is 2.94. The van der Waals surface area contributed by atoms with Crippen LogP contribution in [0.15, 0.2) is 0 Å². The van der Waals surface area contributed by atoms with Gasteiger partial charge in [0.05, 0.1) is 12.5 Å². The van der Waals surface area contributed by atoms with Crippen molar-refractivity contribution < 1.29 is 14.6 Å². The molecule has 0 heterocycles. The van der Waals surface area contributed by atoms with Gasteiger partial charge in [-0.3, -0.25) is 4.89 Å². The van der Waals surface area contributed by atoms with E-state index in [1.54, 1.807) is 0 Å². The lowest BCUT2D eigenvalue weighted by Gasteiger charge is -2.02. The van der Waals surface area contributed by atoms with Crippen LogP contribution in [-0.2, 0) is 14.6 Å². The minimum Gasteiger partial charge on any atom is -0.298 e. The van der Waals surface area contributed by atoms with Crippen molar-refractivity contribution >= 4 is 5.97 Å². The van der Waals surface area contributed by atoms with Crippen LogP contribution in [0.25, 0.3) is 0 Å². The third-order valence-electron chi connectivity index (χ3n) is 1.65. The van der Waals surface area contributed by atoms with Crippen LogP contribution in [-0.4, -0.2) is 13.1 Å². The van der Waals surface area contributed by atoms with E-state index in [-0.39, 0.29) is 11.4 Å². The third kappa shape index (κ3) is 1.21. The summed E-state index contributed by atoms with van der Waals surface area (Å²) in [6.45, 7) is 1.87. The summed E-state index contributed by atoms with van der Waals surface area (Å²) in [5.74, 6) is -0.245. The maximum Gasteiger partial charge on any atom is 0.348 e. The second kappa shape index (κ2) is 1.99. The maximum atomic E-state index is 10.8. The number of carbonyl (C=O) groups excluding carboxylic acids is 1. The van der Waals surface area contributed by atoms with Gasteiger partial charge < -0.3 is 0 Å². The highest BCUT2D eigenvalue weighted by atomic mass is 17.2. The van der Waals surface area contributed by atoms with Crippen LogP contribution in [0.4, 0.5) is 0 Å². The van der Waals surface area contributed by atoms with Crippen molar-refractivity contribution in [3.63, 3.8) is 0 Å². The Morgan fingerprint density at radius 2 is 2.11 bits per heavy atom. The van der Waals surface area contributed by atoms with Gasteiger partial charge in [-0.2, -0.15) is 4.89 Å². The Hall–Kier alpha value is -0.570. The van der Waals surface area contributed by atoms with E-state index in [9.17, 15) is 4.79 Å². The highest BCUT2D eigenvalue weighted by Gasteiger charge is 2.47. The molecule has 0 unspecified atom stereocenters. The summed E-state index contributed by atoms with van der Waals surface area (Å²) >= 11 is 0. The van der Waals surface area contributed by atoms with Crippen LogP contribution in [0.5, 0.6) is 0 Å². The monoisotopic (exact) mass is 130 g/mol. The molecule has 0 atom stereocenters. The molecular formula is C6H10O3. The molecule has 1 rings (SSSR count). The topological polar surface area (TPSA) is 35.5 Å². The SMILES string of the molecule is COOC(=O)C1(C)CC1. The van der Waals surface area contributed by atoms with Crippen molar-refractivity contribution in [3.8, 4) is 0 Å². The lowest BCUT2D eigenvalue weighted by atomic mass is 10.2. The average Bonchev–Trinajstić information content (AvgIpc) is 2.50. The lowest BCUT2D eigenvalue weighted by Crippen LogP contribution is -2.14. The van der Waals surface area contributed by atoms with Crippen LogP contribution < -0.4 is 0 Å². The summed E-state index contributed by atoms with van der Waals surface area (Å²) < 4.78 is 0. The molecule has 0 aromatic rings. The van der Waals surface area contributed by atoms with Crippen molar-refractivity contribution in [1.82, 2.24) is 0 Å². The van der Waals surface area contributed by atoms with E-state index in [0.29, 0.717) is 0 Å². The van der Waals surface area contributed by atoms with E-state index in [0.717, 1.165) is 12.8 Å². The molecule has 0 radical (unpaired) electrons. The molecule has 0 spiro atoms. The summed E-state index contributed by atoms with van der Waals surface area (Å²) in [7, 11) is 1.34. The molecule has 1 aliphatic rings. The van der Waals surface area contributed by atoms with Gasteiger partial charge in [-0.1, -0.05) is 0 Å². The fraction of sp³-hybridized carbons (Fsp3) is 0.833. The molecule has 1 fully saturated rings. The number of hydrogen-bond acceptors (Lipinski definition) is 3. The van der Waals surface area contributed by atoms with Crippen LogP contribution in [0, 0.1) is 5.41 Å². The molecule has 9 heavy (non-hydrogen) atoms. The first-order valence-electron chi connectivity index (χ1n) is 2.94. The zero-order valence-corrected chi connectivity index (χ0v) is 5.64. The standard InChI is InChI=1S/C6H10O3/c1-6(3-4-6)5(7)9-8-2/h3-4H2,1-2H3. The van der Waals surface area contributed by atoms with Crippen molar-refractivity contribution in [2.24, 2.45) is 5.41 Å². The third-order valence-corrected chi connectivity index (χ3v) is 1.65. The molecule has 0 aromatic carbocycles. The fourth-order valence-corrected chi connectivity index (χ4v) is 0.568. The van der Waals surface area contributed by atoms with E-state index >= 15 is 0 Å². The minimum absolute atomic E-state index is 0.226. The zero-order valence-electron chi connectivity index (χ0n) is 5.64. The fourth-order valence-electron chi connectivity index (χ4n) is 0.568. The van der Waals surface area contributed by atoms with E-state index < -0.39 is 0 Å². The van der Waals surface area contributed by atoms with Gasteiger partial charge in [-0.15, -0.1) is 0 Å². The number of hydrogen-bond donors (Lipinski definition) is 0. The highest BCUT2D eigenvalue weighted by molar-refractivity contribution is 5.78. The van der Waals surface area contributed by atoms with Crippen molar-refractivity contribution in [3.05, 3.63) is 0 Å². The highest BCUT2D eigenvalue weighted by Crippen LogP contribution is 2.45. The Balaban J connectivity index is 2.34. The van der Waals surface area contributed by atoms with E-state index in [4.69, 9.17) is 0 Å². The van der Waals surface area contributed by atoms with Crippen LogP contribution in [0.3, 0.4) is 0 Å². The molecule has 1 aliphatic carbocycles. The molecule has 0 saturated heterocycles. The van der Waals surface area contributed by atoms with E-state index in [1.165, 1.54) is 7.11 Å². The minimum atomic E-state index is -0.245. The largest absolute Gasteiger partial charge is 0.348 e. The van der Waals surface area contributed by atoms with E-state index in [2.05, 4.69) is 9.78 Å². The van der Waals surface area contributed by atoms with Crippen molar-refractivity contribution in [2.75, 3.05) is 7.11 Å². The van der Waals surface area contributed by atoms with Gasteiger partial charge in [0.1, 0.15) is 0 Å². The Labute approximate surface area is 53.9 Å². The van der Waals surface area contributed by atoms with Crippen molar-refractivity contribution in [1.29, 1.82) is 0 Å². The van der Waals surface area contributed by atoms with Crippen molar-refractivity contribution in [2.45, 2.75) is 19.8 Å². The van der Waals surface area contributed by atoms with Crippen LogP contribution in [0.1, 0.15) is 19.8 Å². The normalized spacial score (nSPS) is 21.1. The molecule has 0 aliphatic heterocycles. The van der Waals surface area contributed by atoms with Gasteiger partial charge in [-0.05, 0) is 19.8 Å². The summed E-state index contributed by atoms with van der Waals surface area (Å²) in [5, 5.41) is 0. The smallest absolute Gasteiger partial charge is 0.298 e. The van der Waals surface area contributed by atoms with Gasteiger partial charge in [0.2, 0.25) is 0 Å². The predicted octanol–water partition coefficient (Wildman–Crippen LogP) is 0.891. The molecule has 52 valence electrons. The summed E-state index contributed by atoms with van der Waals surface area (Å²) in [4.78, 5) is 19.3. The van der Waals surface area contributed by atoms with Gasteiger partial charge in [0.25, 0.3) is 0 Å². The molecule has 3 heteroatoms. The zero-order chi connectivity index (χ0) is 6.91. The molecular weight excluding hydrogens is 120 g/mol. The molecule has 1 saturated carbocycles. The molecule has 0 amide bonds. The predicted molar refractivity (Wildman–Crippen MR) is 30.4 cm³/mol. The second-order valence-corrected chi connectivity index (χ2v) is 2.60.